The van der Waals surface area contributed by atoms with Gasteiger partial charge in [0.05, 0.1) is 12.2 Å². The number of methoxy groups -OCH3 is 2. The van der Waals surface area contributed by atoms with E-state index in [2.05, 4.69) is 15.9 Å². The highest BCUT2D eigenvalue weighted by atomic mass is 79.9. The molecule has 0 amide bonds. The summed E-state index contributed by atoms with van der Waals surface area (Å²) in [5.74, 6) is 0.255. The van der Waals surface area contributed by atoms with Crippen LogP contribution in [0.4, 0.5) is 0 Å². The van der Waals surface area contributed by atoms with E-state index >= 15 is 0 Å². The Kier molecular flexibility index (Phi) is 5.23. The number of fused-ring (bicyclic) bond motifs is 1. The van der Waals surface area contributed by atoms with Crippen molar-refractivity contribution in [1.82, 2.24) is 0 Å². The molecule has 0 heterocycles. The van der Waals surface area contributed by atoms with Gasteiger partial charge in [-0.1, -0.05) is 35.8 Å². The molecule has 0 N–H and O–H groups in total. The van der Waals surface area contributed by atoms with E-state index in [1.54, 1.807) is 14.2 Å². The molecule has 3 nitrogen and oxygen atoms in total. The molecule has 2 atom stereocenters. The number of ether oxygens (including phenoxy) is 2. The van der Waals surface area contributed by atoms with Crippen LogP contribution in [-0.2, 0) is 15.9 Å². The zero-order chi connectivity index (χ0) is 15.6. The first kappa shape index (κ1) is 16.7. The van der Waals surface area contributed by atoms with Crippen molar-refractivity contribution in [3.05, 3.63) is 33.8 Å². The van der Waals surface area contributed by atoms with Gasteiger partial charge in [-0.05, 0) is 37.0 Å². The quantitative estimate of drug-likeness (QED) is 0.804. The average Bonchev–Trinajstić information content (AvgIpc) is 3.01. The van der Waals surface area contributed by atoms with E-state index in [-0.39, 0.29) is 23.4 Å². The van der Waals surface area contributed by atoms with Gasteiger partial charge >= 0.3 is 0 Å². The Morgan fingerprint density at radius 1 is 1.14 bits per heavy atom. The van der Waals surface area contributed by atoms with Gasteiger partial charge < -0.3 is 9.47 Å². The first-order valence-corrected chi connectivity index (χ1v) is 8.28. The van der Waals surface area contributed by atoms with Gasteiger partial charge in [-0.3, -0.25) is 4.79 Å². The monoisotopic (exact) mass is 354 g/mol. The van der Waals surface area contributed by atoms with Gasteiger partial charge in [0.25, 0.3) is 0 Å². The van der Waals surface area contributed by atoms with E-state index in [9.17, 15) is 4.79 Å². The van der Waals surface area contributed by atoms with Gasteiger partial charge in [-0.15, -0.1) is 0 Å². The molecule has 1 aromatic carbocycles. The minimum Gasteiger partial charge on any atom is -0.379 e. The molecule has 0 saturated heterocycles. The van der Waals surface area contributed by atoms with E-state index in [1.807, 2.05) is 32.0 Å². The van der Waals surface area contributed by atoms with Crippen LogP contribution in [0, 0.1) is 5.41 Å². The molecule has 1 spiro atoms. The fourth-order valence-corrected chi connectivity index (χ4v) is 3.92. The maximum Gasteiger partial charge on any atom is 0.169 e. The van der Waals surface area contributed by atoms with Crippen LogP contribution in [0.25, 0.3) is 0 Å². The van der Waals surface area contributed by atoms with Crippen molar-refractivity contribution < 1.29 is 14.3 Å². The number of halogens is 1. The first-order chi connectivity index (χ1) is 10.1. The highest BCUT2D eigenvalue weighted by Crippen LogP contribution is 2.50. The summed E-state index contributed by atoms with van der Waals surface area (Å²) in [4.78, 5) is 12.8. The van der Waals surface area contributed by atoms with Gasteiger partial charge in [0.1, 0.15) is 0 Å². The van der Waals surface area contributed by atoms with Crippen LogP contribution in [-0.4, -0.2) is 32.2 Å². The maximum absolute atomic E-state index is 12.8. The third-order valence-corrected chi connectivity index (χ3v) is 5.02. The smallest absolute Gasteiger partial charge is 0.169 e. The summed E-state index contributed by atoms with van der Waals surface area (Å²) in [6.07, 6.45) is 2.37. The summed E-state index contributed by atoms with van der Waals surface area (Å²) in [6, 6.07) is 5.99. The largest absolute Gasteiger partial charge is 0.379 e. The normalized spacial score (nSPS) is 30.2. The molecule has 1 aromatic rings. The minimum absolute atomic E-state index is 0.0201. The molecule has 1 fully saturated rings. The fraction of sp³-hybridized carbons (Fsp3) is 0.588. The van der Waals surface area contributed by atoms with Crippen molar-refractivity contribution in [3.8, 4) is 0 Å². The number of hydrogen-bond donors (Lipinski definition) is 0. The van der Waals surface area contributed by atoms with Gasteiger partial charge in [0.2, 0.25) is 0 Å². The number of benzene rings is 1. The summed E-state index contributed by atoms with van der Waals surface area (Å²) >= 11 is 3.44. The summed E-state index contributed by atoms with van der Waals surface area (Å²) in [6.45, 7) is 4.00. The molecule has 2 aliphatic carbocycles. The second-order valence-corrected chi connectivity index (χ2v) is 6.46. The van der Waals surface area contributed by atoms with Crippen molar-refractivity contribution in [1.29, 1.82) is 0 Å². The predicted octanol–water partition coefficient (Wildman–Crippen LogP) is 4.02. The molecule has 1 saturated carbocycles. The van der Waals surface area contributed by atoms with Crippen LogP contribution in [0.1, 0.15) is 42.6 Å². The highest BCUT2D eigenvalue weighted by Gasteiger charge is 2.54. The SMILES string of the molecule is CC.COC1CC2(Cc3ccc(Br)cc3C2=O)CC1OC. The van der Waals surface area contributed by atoms with Crippen molar-refractivity contribution in [2.75, 3.05) is 14.2 Å². The van der Waals surface area contributed by atoms with Crippen LogP contribution in [0.5, 0.6) is 0 Å². The number of rotatable bonds is 2. The Balaban J connectivity index is 0.000000774. The molecule has 2 unspecified atom stereocenters. The number of carbonyl (C=O) groups is 1. The minimum atomic E-state index is -0.315. The molecular weight excluding hydrogens is 332 g/mol. The van der Waals surface area contributed by atoms with E-state index in [4.69, 9.17) is 9.47 Å². The van der Waals surface area contributed by atoms with Crippen molar-refractivity contribution >= 4 is 21.7 Å². The van der Waals surface area contributed by atoms with E-state index in [1.165, 1.54) is 0 Å². The van der Waals surface area contributed by atoms with E-state index < -0.39 is 0 Å². The molecule has 0 aromatic heterocycles. The molecule has 116 valence electrons. The topological polar surface area (TPSA) is 35.5 Å². The number of Topliss-reactive ketones (excluding diaryl/α,β-unsaturated/α-hetero) is 1. The molecule has 4 heteroatoms. The van der Waals surface area contributed by atoms with Crippen LogP contribution < -0.4 is 0 Å². The van der Waals surface area contributed by atoms with Gasteiger partial charge in [-0.2, -0.15) is 0 Å². The van der Waals surface area contributed by atoms with Crippen LogP contribution in [0.15, 0.2) is 22.7 Å². The zero-order valence-corrected chi connectivity index (χ0v) is 14.7. The van der Waals surface area contributed by atoms with Gasteiger partial charge in [0.15, 0.2) is 5.78 Å². The number of hydrogen-bond acceptors (Lipinski definition) is 3. The van der Waals surface area contributed by atoms with Crippen LogP contribution in [0.3, 0.4) is 0 Å². The second-order valence-electron chi connectivity index (χ2n) is 5.54. The molecule has 3 rings (SSSR count). The first-order valence-electron chi connectivity index (χ1n) is 7.48. The maximum atomic E-state index is 12.8. The Labute approximate surface area is 135 Å². The lowest BCUT2D eigenvalue weighted by molar-refractivity contribution is -0.0157. The van der Waals surface area contributed by atoms with E-state index in [0.717, 1.165) is 34.9 Å². The lowest BCUT2D eigenvalue weighted by Gasteiger charge is -2.20. The van der Waals surface area contributed by atoms with Crippen molar-refractivity contribution in [3.63, 3.8) is 0 Å². The van der Waals surface area contributed by atoms with Crippen LogP contribution in [0.2, 0.25) is 0 Å². The van der Waals surface area contributed by atoms with Gasteiger partial charge in [0, 0.05) is 29.7 Å². The predicted molar refractivity (Wildman–Crippen MR) is 86.8 cm³/mol. The Hall–Kier alpha value is -0.710. The third-order valence-electron chi connectivity index (χ3n) is 4.53. The Bertz CT molecular complexity index is 515. The molecule has 21 heavy (non-hydrogen) atoms. The summed E-state index contributed by atoms with van der Waals surface area (Å²) in [7, 11) is 3.39. The van der Waals surface area contributed by atoms with E-state index in [0.29, 0.717) is 0 Å². The molecule has 0 radical (unpaired) electrons. The lowest BCUT2D eigenvalue weighted by Crippen LogP contribution is -2.25. The van der Waals surface area contributed by atoms with Crippen molar-refractivity contribution in [2.45, 2.75) is 45.3 Å². The number of ketones is 1. The summed E-state index contributed by atoms with van der Waals surface area (Å²) in [5.41, 5.74) is 1.70. The molecule has 0 aliphatic heterocycles. The Morgan fingerprint density at radius 2 is 1.71 bits per heavy atom. The van der Waals surface area contributed by atoms with Crippen molar-refractivity contribution in [2.24, 2.45) is 5.41 Å². The fourth-order valence-electron chi connectivity index (χ4n) is 3.56. The third kappa shape index (κ3) is 2.81. The number of carbonyl (C=O) groups excluding carboxylic acids is 1. The zero-order valence-electron chi connectivity index (χ0n) is 13.1. The standard InChI is InChI=1S/C15H17BrO3.C2H6/c1-18-12-7-15(8-13(12)19-2)6-9-3-4-10(16)5-11(9)14(15)17;1-2/h3-5,12-13H,6-8H2,1-2H3;1-2H3. The van der Waals surface area contributed by atoms with Crippen LogP contribution >= 0.6 is 15.9 Å². The lowest BCUT2D eigenvalue weighted by atomic mass is 9.82. The Morgan fingerprint density at radius 3 is 2.24 bits per heavy atom. The highest BCUT2D eigenvalue weighted by molar-refractivity contribution is 9.10. The molecule has 2 aliphatic rings. The molecular formula is C17H23BrO3. The van der Waals surface area contributed by atoms with Gasteiger partial charge in [-0.25, -0.2) is 0 Å². The molecule has 0 bridgehead atoms. The summed E-state index contributed by atoms with van der Waals surface area (Å²) < 4.78 is 11.9. The second kappa shape index (κ2) is 6.59. The average molecular weight is 355 g/mol. The summed E-state index contributed by atoms with van der Waals surface area (Å²) in [5, 5.41) is 0.